The van der Waals surface area contributed by atoms with Gasteiger partial charge in [-0.15, -0.1) is 0 Å². The van der Waals surface area contributed by atoms with Crippen molar-refractivity contribution in [3.05, 3.63) is 60.3 Å². The highest BCUT2D eigenvalue weighted by Crippen LogP contribution is 2.35. The van der Waals surface area contributed by atoms with Crippen molar-refractivity contribution in [2.24, 2.45) is 5.73 Å². The largest absolute Gasteiger partial charge is 0.495 e. The molecule has 0 radical (unpaired) electrons. The highest BCUT2D eigenvalue weighted by atomic mass is 16.5. The number of hydrogen-bond donors (Lipinski definition) is 4. The van der Waals surface area contributed by atoms with Gasteiger partial charge in [0.05, 0.1) is 29.6 Å². The number of carbonyl (C=O) groups excluding carboxylic acids is 1. The number of nitrogens with one attached hydrogen (secondary N) is 3. The summed E-state index contributed by atoms with van der Waals surface area (Å²) in [4.78, 5) is 29.2. The molecule has 1 fully saturated rings. The first-order chi connectivity index (χ1) is 17.9. The number of methoxy groups -OCH3 is 1. The third kappa shape index (κ3) is 5.14. The zero-order valence-electron chi connectivity index (χ0n) is 21.3. The molecule has 3 heterocycles. The molecule has 10 heteroatoms. The van der Waals surface area contributed by atoms with E-state index in [-0.39, 0.29) is 0 Å². The molecule has 3 aliphatic heterocycles. The van der Waals surface area contributed by atoms with Crippen LogP contribution >= 0.6 is 0 Å². The van der Waals surface area contributed by atoms with Crippen LogP contribution in [-0.4, -0.2) is 65.1 Å². The number of hydrogen-bond acceptors (Lipinski definition) is 8. The number of amides is 1. The number of benzene rings is 2. The van der Waals surface area contributed by atoms with Gasteiger partial charge in [0.1, 0.15) is 17.4 Å². The van der Waals surface area contributed by atoms with E-state index < -0.39 is 5.91 Å². The number of aromatic nitrogens is 3. The molecular weight excluding hydrogens is 468 g/mol. The Labute approximate surface area is 216 Å². The number of aromatic amines is 1. The van der Waals surface area contributed by atoms with Gasteiger partial charge in [-0.2, -0.15) is 4.98 Å². The van der Waals surface area contributed by atoms with E-state index in [9.17, 15) is 4.79 Å². The first-order valence-electron chi connectivity index (χ1n) is 12.4. The molecule has 2 aromatic rings. The monoisotopic (exact) mass is 500 g/mol. The fourth-order valence-corrected chi connectivity index (χ4v) is 4.64. The van der Waals surface area contributed by atoms with Crippen molar-refractivity contribution >= 4 is 34.7 Å². The van der Waals surface area contributed by atoms with Gasteiger partial charge < -0.3 is 31.0 Å². The fourth-order valence-electron chi connectivity index (χ4n) is 4.64. The minimum atomic E-state index is -0.517. The van der Waals surface area contributed by atoms with Crippen LogP contribution in [0.5, 0.6) is 5.75 Å². The van der Waals surface area contributed by atoms with Crippen molar-refractivity contribution in [2.45, 2.75) is 19.9 Å². The number of piperazine rings is 1. The van der Waals surface area contributed by atoms with Gasteiger partial charge in [0.2, 0.25) is 5.95 Å². The second kappa shape index (κ2) is 10.4. The molecule has 37 heavy (non-hydrogen) atoms. The van der Waals surface area contributed by atoms with Crippen LogP contribution in [-0.2, 0) is 0 Å². The Bertz CT molecular complexity index is 1360. The van der Waals surface area contributed by atoms with E-state index in [4.69, 9.17) is 15.5 Å². The summed E-state index contributed by atoms with van der Waals surface area (Å²) >= 11 is 0. The molecule has 5 rings (SSSR count). The predicted octanol–water partition coefficient (Wildman–Crippen LogP) is 4.03. The summed E-state index contributed by atoms with van der Waals surface area (Å²) in [7, 11) is 1.65. The molecule has 1 amide bonds. The van der Waals surface area contributed by atoms with Crippen molar-refractivity contribution in [3.63, 3.8) is 0 Å². The molecule has 2 aromatic carbocycles. The number of primary amides is 1. The van der Waals surface area contributed by atoms with Crippen LogP contribution in [0, 0.1) is 0 Å². The maximum atomic E-state index is 11.9. The quantitative estimate of drug-likeness (QED) is 0.286. The molecule has 192 valence electrons. The average Bonchev–Trinajstić information content (AvgIpc) is 3.38. The molecule has 0 saturated carbocycles. The van der Waals surface area contributed by atoms with Crippen LogP contribution in [0.2, 0.25) is 0 Å². The second-order valence-electron chi connectivity index (χ2n) is 9.30. The number of carbonyl (C=O) groups is 1. The van der Waals surface area contributed by atoms with E-state index in [1.807, 2.05) is 18.2 Å². The summed E-state index contributed by atoms with van der Waals surface area (Å²) in [5.74, 6) is 1.85. The predicted molar refractivity (Wildman–Crippen MR) is 146 cm³/mol. The lowest BCUT2D eigenvalue weighted by Gasteiger charge is -2.38. The number of nitrogens with zero attached hydrogens (tertiary/aromatic N) is 4. The fraction of sp³-hybridized carbons (Fsp3) is 0.296. The lowest BCUT2D eigenvalue weighted by Crippen LogP contribution is -2.48. The van der Waals surface area contributed by atoms with Gasteiger partial charge in [-0.1, -0.05) is 12.1 Å². The van der Waals surface area contributed by atoms with Gasteiger partial charge in [-0.3, -0.25) is 9.69 Å². The van der Waals surface area contributed by atoms with Gasteiger partial charge in [-0.25, -0.2) is 4.98 Å². The molecule has 0 spiro atoms. The van der Waals surface area contributed by atoms with Crippen molar-refractivity contribution < 1.29 is 9.53 Å². The van der Waals surface area contributed by atoms with E-state index in [1.165, 1.54) is 0 Å². The first kappa shape index (κ1) is 24.4. The van der Waals surface area contributed by atoms with E-state index in [0.29, 0.717) is 40.6 Å². The van der Waals surface area contributed by atoms with Crippen LogP contribution in [0.3, 0.4) is 0 Å². The number of rotatable bonds is 8. The number of para-hydroxylation sites is 1. The van der Waals surface area contributed by atoms with E-state index >= 15 is 0 Å². The normalized spacial score (nSPS) is 14.2. The minimum Gasteiger partial charge on any atom is -0.495 e. The number of ether oxygens (including phenoxy) is 1. The maximum absolute atomic E-state index is 11.9. The number of fused-ring (bicyclic) bond motifs is 1. The molecule has 1 saturated heterocycles. The topological polar surface area (TPSA) is 124 Å². The van der Waals surface area contributed by atoms with Gasteiger partial charge >= 0.3 is 0 Å². The van der Waals surface area contributed by atoms with Crippen molar-refractivity contribution in [3.8, 4) is 17.1 Å². The Kier molecular flexibility index (Phi) is 6.82. The van der Waals surface area contributed by atoms with Gasteiger partial charge in [-0.05, 0) is 50.2 Å². The van der Waals surface area contributed by atoms with E-state index in [2.05, 4.69) is 56.4 Å². The molecule has 3 aliphatic rings. The van der Waals surface area contributed by atoms with Crippen molar-refractivity contribution in [1.82, 2.24) is 19.9 Å². The third-order valence-corrected chi connectivity index (χ3v) is 6.71. The highest BCUT2D eigenvalue weighted by molar-refractivity contribution is 5.99. The molecule has 0 aliphatic carbocycles. The summed E-state index contributed by atoms with van der Waals surface area (Å²) in [6, 6.07) is 15.6. The Morgan fingerprint density at radius 2 is 1.84 bits per heavy atom. The van der Waals surface area contributed by atoms with Gasteiger partial charge in [0.25, 0.3) is 5.91 Å². The second-order valence-corrected chi connectivity index (χ2v) is 9.30. The van der Waals surface area contributed by atoms with Crippen LogP contribution in [0.25, 0.3) is 11.4 Å². The minimum absolute atomic E-state index is 0.381. The van der Waals surface area contributed by atoms with Crippen molar-refractivity contribution in [2.75, 3.05) is 48.8 Å². The number of anilines is 5. The smallest absolute Gasteiger partial charge is 0.250 e. The highest BCUT2D eigenvalue weighted by Gasteiger charge is 2.21. The maximum Gasteiger partial charge on any atom is 0.250 e. The zero-order chi connectivity index (χ0) is 25.9. The number of H-pyrrole nitrogens is 1. The van der Waals surface area contributed by atoms with E-state index in [1.54, 1.807) is 31.5 Å². The average molecular weight is 501 g/mol. The Morgan fingerprint density at radius 3 is 2.57 bits per heavy atom. The lowest BCUT2D eigenvalue weighted by molar-refractivity contribution is 0.100. The molecule has 0 atom stereocenters. The molecule has 10 nitrogen and oxygen atoms in total. The molecule has 0 bridgehead atoms. The van der Waals surface area contributed by atoms with Crippen LogP contribution < -0.4 is 26.0 Å². The van der Waals surface area contributed by atoms with Gasteiger partial charge in [0.15, 0.2) is 0 Å². The Balaban J connectivity index is 1.44. The summed E-state index contributed by atoms with van der Waals surface area (Å²) in [5, 5.41) is 6.63. The molecular formula is C27H32N8O2. The molecule has 0 unspecified atom stereocenters. The van der Waals surface area contributed by atoms with Crippen LogP contribution in [0.1, 0.15) is 24.2 Å². The zero-order valence-corrected chi connectivity index (χ0v) is 21.3. The van der Waals surface area contributed by atoms with E-state index in [0.717, 1.165) is 43.1 Å². The standard InChI is InChI=1S/C27H32N8O2/c1-17(2)34-12-14-35(15-13-34)18-8-9-23(37-3)22(16-18)31-27-32-25-20(10-11-29-25)26(33-27)30-21-7-5-4-6-19(21)24(28)36/h4-11,16-17H,12-15H2,1-3H3,(H2,28,36)(H3,29,30,31,32,33). The Hall–Kier alpha value is -4.31. The lowest BCUT2D eigenvalue weighted by atomic mass is 10.1. The SMILES string of the molecule is COc1ccc(N2CCN(C(C)C)CC2)cc1Nc1nc(Nc2ccccc2C(N)=O)c2ccnc-2[nH]1. The Morgan fingerprint density at radius 1 is 1.05 bits per heavy atom. The number of nitrogens with two attached hydrogens (primary N) is 1. The summed E-state index contributed by atoms with van der Waals surface area (Å²) in [5.41, 5.74) is 9.21. The molecule has 5 N–H and O–H groups in total. The van der Waals surface area contributed by atoms with Crippen LogP contribution in [0.15, 0.2) is 54.7 Å². The first-order valence-corrected chi connectivity index (χ1v) is 12.4. The van der Waals surface area contributed by atoms with Crippen LogP contribution in [0.4, 0.5) is 28.8 Å². The molecule has 0 aromatic heterocycles. The summed E-state index contributed by atoms with van der Waals surface area (Å²) in [6.07, 6.45) is 1.70. The third-order valence-electron chi connectivity index (χ3n) is 6.71. The van der Waals surface area contributed by atoms with Crippen molar-refractivity contribution in [1.29, 1.82) is 0 Å². The summed E-state index contributed by atoms with van der Waals surface area (Å²) < 4.78 is 5.64. The van der Waals surface area contributed by atoms with Gasteiger partial charge in [0, 0.05) is 44.1 Å². The summed E-state index contributed by atoms with van der Waals surface area (Å²) in [6.45, 7) is 8.47.